The Labute approximate surface area is 119 Å². The molecule has 0 aromatic heterocycles. The van der Waals surface area contributed by atoms with E-state index in [0.717, 1.165) is 37.4 Å². The molecule has 1 atom stereocenters. The van der Waals surface area contributed by atoms with Crippen LogP contribution in [0.25, 0.3) is 0 Å². The number of nitrogens with one attached hydrogen (secondary N) is 2. The predicted octanol–water partition coefficient (Wildman–Crippen LogP) is 1.26. The van der Waals surface area contributed by atoms with E-state index in [4.69, 9.17) is 5.21 Å². The molecule has 0 bridgehead atoms. The molecule has 108 valence electrons. The number of hydroxylamine groups is 1. The lowest BCUT2D eigenvalue weighted by Crippen LogP contribution is -2.43. The molecule has 1 aromatic rings. The highest BCUT2D eigenvalue weighted by Gasteiger charge is 2.21. The number of amides is 1. The third-order valence-electron chi connectivity index (χ3n) is 3.57. The van der Waals surface area contributed by atoms with Crippen molar-refractivity contribution in [2.75, 3.05) is 31.1 Å². The maximum atomic E-state index is 11.7. The van der Waals surface area contributed by atoms with E-state index in [1.165, 1.54) is 0 Å². The first-order valence-electron chi connectivity index (χ1n) is 6.78. The molecule has 20 heavy (non-hydrogen) atoms. The number of carbonyl (C=O) groups excluding carboxylic acids is 1. The largest absolute Gasteiger partial charge is 0.369 e. The van der Waals surface area contributed by atoms with Crippen LogP contribution in [0, 0.1) is 0 Å². The van der Waals surface area contributed by atoms with Gasteiger partial charge in [0, 0.05) is 31.9 Å². The van der Waals surface area contributed by atoms with Crippen molar-refractivity contribution in [2.24, 2.45) is 0 Å². The standard InChI is InChI=1S/C15H21N3O2/c1-11(2)14(15(19)17-20)12-3-5-13(6-4-12)18-9-7-16-8-10-18/h3-6,14,16,20H,1,7-10H2,2H3,(H,17,19). The van der Waals surface area contributed by atoms with Crippen molar-refractivity contribution in [2.45, 2.75) is 12.8 Å². The predicted molar refractivity (Wildman–Crippen MR) is 79.0 cm³/mol. The van der Waals surface area contributed by atoms with Gasteiger partial charge in [0.25, 0.3) is 5.91 Å². The quantitative estimate of drug-likeness (QED) is 0.440. The van der Waals surface area contributed by atoms with Gasteiger partial charge in [0.05, 0.1) is 5.92 Å². The van der Waals surface area contributed by atoms with Gasteiger partial charge in [0.15, 0.2) is 0 Å². The summed E-state index contributed by atoms with van der Waals surface area (Å²) in [4.78, 5) is 14.0. The molecule has 3 N–H and O–H groups in total. The van der Waals surface area contributed by atoms with Gasteiger partial charge in [-0.25, -0.2) is 5.48 Å². The fourth-order valence-electron chi connectivity index (χ4n) is 2.52. The Kier molecular flexibility index (Phi) is 4.76. The fourth-order valence-corrected chi connectivity index (χ4v) is 2.52. The summed E-state index contributed by atoms with van der Waals surface area (Å²) in [5, 5.41) is 12.1. The second kappa shape index (κ2) is 6.54. The van der Waals surface area contributed by atoms with Crippen LogP contribution in [0.5, 0.6) is 0 Å². The molecule has 1 amide bonds. The molecule has 0 saturated carbocycles. The lowest BCUT2D eigenvalue weighted by molar-refractivity contribution is -0.129. The Morgan fingerprint density at radius 1 is 1.35 bits per heavy atom. The summed E-state index contributed by atoms with van der Waals surface area (Å²) in [6, 6.07) is 7.88. The van der Waals surface area contributed by atoms with Crippen molar-refractivity contribution in [1.29, 1.82) is 0 Å². The first-order valence-corrected chi connectivity index (χ1v) is 6.78. The van der Waals surface area contributed by atoms with E-state index in [0.29, 0.717) is 5.57 Å². The van der Waals surface area contributed by atoms with Gasteiger partial charge < -0.3 is 10.2 Å². The number of carbonyl (C=O) groups is 1. The zero-order valence-electron chi connectivity index (χ0n) is 11.7. The fraction of sp³-hybridized carbons (Fsp3) is 0.400. The van der Waals surface area contributed by atoms with E-state index in [1.54, 1.807) is 12.4 Å². The van der Waals surface area contributed by atoms with Crippen LogP contribution in [0.1, 0.15) is 18.4 Å². The number of anilines is 1. The third-order valence-corrected chi connectivity index (χ3v) is 3.57. The molecule has 0 spiro atoms. The number of piperazine rings is 1. The van der Waals surface area contributed by atoms with Crippen LogP contribution < -0.4 is 15.7 Å². The van der Waals surface area contributed by atoms with Crippen molar-refractivity contribution < 1.29 is 10.0 Å². The van der Waals surface area contributed by atoms with E-state index in [-0.39, 0.29) is 0 Å². The molecular weight excluding hydrogens is 254 g/mol. The van der Waals surface area contributed by atoms with Crippen molar-refractivity contribution in [3.8, 4) is 0 Å². The number of rotatable bonds is 4. The number of nitrogens with zero attached hydrogens (tertiary/aromatic N) is 1. The molecule has 5 nitrogen and oxygen atoms in total. The van der Waals surface area contributed by atoms with E-state index in [2.05, 4.69) is 16.8 Å². The molecule has 5 heteroatoms. The average Bonchev–Trinajstić information content (AvgIpc) is 2.48. The normalized spacial score (nSPS) is 16.6. The van der Waals surface area contributed by atoms with E-state index in [1.807, 2.05) is 24.3 Å². The summed E-state index contributed by atoms with van der Waals surface area (Å²) in [5.41, 5.74) is 4.39. The van der Waals surface area contributed by atoms with Crippen LogP contribution in [0.15, 0.2) is 36.4 Å². The summed E-state index contributed by atoms with van der Waals surface area (Å²) < 4.78 is 0. The maximum absolute atomic E-state index is 11.7. The molecule has 0 radical (unpaired) electrons. The van der Waals surface area contributed by atoms with Crippen LogP contribution in [-0.4, -0.2) is 37.3 Å². The zero-order valence-corrected chi connectivity index (χ0v) is 11.7. The van der Waals surface area contributed by atoms with Crippen molar-refractivity contribution >= 4 is 11.6 Å². The highest BCUT2D eigenvalue weighted by molar-refractivity contribution is 5.85. The molecular formula is C15H21N3O2. The van der Waals surface area contributed by atoms with Gasteiger partial charge in [-0.15, -0.1) is 0 Å². The second-order valence-corrected chi connectivity index (χ2v) is 5.08. The highest BCUT2D eigenvalue weighted by atomic mass is 16.5. The van der Waals surface area contributed by atoms with E-state index < -0.39 is 11.8 Å². The molecule has 1 aromatic carbocycles. The third kappa shape index (κ3) is 3.18. The summed E-state index contributed by atoms with van der Waals surface area (Å²) in [6.45, 7) is 9.56. The van der Waals surface area contributed by atoms with Crippen LogP contribution in [-0.2, 0) is 4.79 Å². The van der Waals surface area contributed by atoms with Crippen LogP contribution in [0.4, 0.5) is 5.69 Å². The number of hydrogen-bond acceptors (Lipinski definition) is 4. The minimum atomic E-state index is -0.517. The Bertz CT molecular complexity index is 478. The topological polar surface area (TPSA) is 64.6 Å². The molecule has 1 saturated heterocycles. The van der Waals surface area contributed by atoms with Crippen molar-refractivity contribution in [3.63, 3.8) is 0 Å². The lowest BCUT2D eigenvalue weighted by atomic mass is 9.92. The maximum Gasteiger partial charge on any atom is 0.254 e. The monoisotopic (exact) mass is 275 g/mol. The minimum absolute atomic E-state index is 0.451. The summed E-state index contributed by atoms with van der Waals surface area (Å²) in [6.07, 6.45) is 0. The average molecular weight is 275 g/mol. The van der Waals surface area contributed by atoms with Gasteiger partial charge in [-0.05, 0) is 24.6 Å². The van der Waals surface area contributed by atoms with E-state index >= 15 is 0 Å². The van der Waals surface area contributed by atoms with Crippen LogP contribution >= 0.6 is 0 Å². The van der Waals surface area contributed by atoms with Gasteiger partial charge in [-0.3, -0.25) is 10.0 Å². The van der Waals surface area contributed by atoms with Gasteiger partial charge in [-0.1, -0.05) is 24.3 Å². The molecule has 0 aliphatic carbocycles. The summed E-state index contributed by atoms with van der Waals surface area (Å²) >= 11 is 0. The Morgan fingerprint density at radius 2 is 1.95 bits per heavy atom. The Hall–Kier alpha value is -1.85. The summed E-state index contributed by atoms with van der Waals surface area (Å²) in [5.74, 6) is -0.968. The first-order chi connectivity index (χ1) is 9.63. The molecule has 1 aliphatic rings. The van der Waals surface area contributed by atoms with E-state index in [9.17, 15) is 4.79 Å². The Balaban J connectivity index is 2.17. The first kappa shape index (κ1) is 14.6. The molecule has 1 aliphatic heterocycles. The second-order valence-electron chi connectivity index (χ2n) is 5.08. The molecule has 1 fully saturated rings. The molecule has 2 rings (SSSR count). The van der Waals surface area contributed by atoms with Crippen LogP contribution in [0.2, 0.25) is 0 Å². The number of hydrogen-bond donors (Lipinski definition) is 3. The lowest BCUT2D eigenvalue weighted by Gasteiger charge is -2.29. The summed E-state index contributed by atoms with van der Waals surface area (Å²) in [7, 11) is 0. The van der Waals surface area contributed by atoms with Gasteiger partial charge in [-0.2, -0.15) is 0 Å². The number of benzene rings is 1. The smallest absolute Gasteiger partial charge is 0.254 e. The van der Waals surface area contributed by atoms with Crippen LogP contribution in [0.3, 0.4) is 0 Å². The van der Waals surface area contributed by atoms with Gasteiger partial charge >= 0.3 is 0 Å². The van der Waals surface area contributed by atoms with Gasteiger partial charge in [0.1, 0.15) is 0 Å². The van der Waals surface area contributed by atoms with Crippen molar-refractivity contribution in [3.05, 3.63) is 42.0 Å². The Morgan fingerprint density at radius 3 is 2.45 bits per heavy atom. The zero-order chi connectivity index (χ0) is 14.5. The molecule has 1 heterocycles. The highest BCUT2D eigenvalue weighted by Crippen LogP contribution is 2.25. The molecule has 1 unspecified atom stereocenters. The SMILES string of the molecule is C=C(C)C(C(=O)NO)c1ccc(N2CCNCC2)cc1. The van der Waals surface area contributed by atoms with Gasteiger partial charge in [0.2, 0.25) is 0 Å². The minimum Gasteiger partial charge on any atom is -0.369 e. The van der Waals surface area contributed by atoms with Crippen molar-refractivity contribution in [1.82, 2.24) is 10.8 Å².